The number of hydrogen-bond donors (Lipinski definition) is 1. The third-order valence-electron chi connectivity index (χ3n) is 5.87. The number of hydrogen-bond acceptors (Lipinski definition) is 4. The normalized spacial score (nSPS) is 19.8. The summed E-state index contributed by atoms with van der Waals surface area (Å²) in [5.74, 6) is 1.83. The van der Waals surface area contributed by atoms with Crippen molar-refractivity contribution in [2.75, 3.05) is 25.0 Å². The number of carbonyl (C=O) groups excluding carboxylic acids is 1. The fourth-order valence-electron chi connectivity index (χ4n) is 4.43. The van der Waals surface area contributed by atoms with Crippen LogP contribution in [-0.4, -0.2) is 36.2 Å². The number of aliphatic imine (C=N–C) groups is 1. The molecule has 4 nitrogen and oxygen atoms in total. The number of rotatable bonds is 3. The van der Waals surface area contributed by atoms with Crippen LogP contribution >= 0.6 is 0 Å². The summed E-state index contributed by atoms with van der Waals surface area (Å²) in [6.07, 6.45) is 4.80. The van der Waals surface area contributed by atoms with Crippen molar-refractivity contribution in [3.8, 4) is 0 Å². The van der Waals surface area contributed by atoms with Gasteiger partial charge in [0.15, 0.2) is 5.78 Å². The number of amidine groups is 1. The molecule has 1 aliphatic carbocycles. The Morgan fingerprint density at radius 3 is 2.67 bits per heavy atom. The molecule has 3 aliphatic rings. The van der Waals surface area contributed by atoms with Gasteiger partial charge in [-0.15, -0.1) is 0 Å². The van der Waals surface area contributed by atoms with E-state index in [0.717, 1.165) is 48.0 Å². The number of likely N-dealkylation sites (tertiary alicyclic amines) is 1. The van der Waals surface area contributed by atoms with E-state index >= 15 is 0 Å². The highest BCUT2D eigenvalue weighted by molar-refractivity contribution is 6.13. The van der Waals surface area contributed by atoms with E-state index in [9.17, 15) is 4.79 Å². The number of benzene rings is 2. The number of anilines is 1. The molecule has 0 unspecified atom stereocenters. The van der Waals surface area contributed by atoms with E-state index in [1.807, 2.05) is 24.3 Å². The number of piperidine rings is 1. The van der Waals surface area contributed by atoms with Gasteiger partial charge in [0.2, 0.25) is 0 Å². The van der Waals surface area contributed by atoms with Crippen LogP contribution < -0.4 is 5.32 Å². The minimum absolute atomic E-state index is 0.180. The summed E-state index contributed by atoms with van der Waals surface area (Å²) in [5.41, 5.74) is 5.19. The molecule has 0 saturated carbocycles. The van der Waals surface area contributed by atoms with Gasteiger partial charge in [0.1, 0.15) is 5.84 Å². The van der Waals surface area contributed by atoms with Crippen LogP contribution in [0.3, 0.4) is 0 Å². The quantitative estimate of drug-likeness (QED) is 0.890. The largest absolute Gasteiger partial charge is 0.342 e. The number of ketones is 1. The molecule has 0 radical (unpaired) electrons. The summed E-state index contributed by atoms with van der Waals surface area (Å²) in [6, 6.07) is 16.8. The molecule has 1 fully saturated rings. The number of nitrogens with one attached hydrogen (secondary N) is 1. The van der Waals surface area contributed by atoms with Crippen LogP contribution in [0.2, 0.25) is 0 Å². The first-order chi connectivity index (χ1) is 13.3. The Labute approximate surface area is 159 Å². The molecule has 27 heavy (non-hydrogen) atoms. The average Bonchev–Trinajstić information content (AvgIpc) is 2.72. The Morgan fingerprint density at radius 2 is 1.85 bits per heavy atom. The van der Waals surface area contributed by atoms with Crippen molar-refractivity contribution in [3.63, 3.8) is 0 Å². The molecule has 0 bridgehead atoms. The average molecular weight is 357 g/mol. The van der Waals surface area contributed by atoms with Crippen LogP contribution in [0.4, 0.5) is 5.69 Å². The summed E-state index contributed by atoms with van der Waals surface area (Å²) >= 11 is 0. The SMILES string of the molecule is O=C1CC=C2N=C(CN3CCC(c4ccccc4)CC3)Nc3cccc1c32. The Balaban J connectivity index is 1.28. The Kier molecular flexibility index (Phi) is 4.13. The summed E-state index contributed by atoms with van der Waals surface area (Å²) in [4.78, 5) is 19.5. The van der Waals surface area contributed by atoms with E-state index in [-0.39, 0.29) is 5.78 Å². The van der Waals surface area contributed by atoms with Gasteiger partial charge in [0.25, 0.3) is 0 Å². The van der Waals surface area contributed by atoms with E-state index in [1.54, 1.807) is 0 Å². The van der Waals surface area contributed by atoms with E-state index in [0.29, 0.717) is 12.3 Å². The molecule has 2 aromatic rings. The summed E-state index contributed by atoms with van der Waals surface area (Å²) in [6.45, 7) is 3.01. The molecule has 0 spiro atoms. The highest BCUT2D eigenvalue weighted by atomic mass is 16.1. The van der Waals surface area contributed by atoms with Crippen molar-refractivity contribution in [1.29, 1.82) is 0 Å². The van der Waals surface area contributed by atoms with Crippen LogP contribution in [-0.2, 0) is 0 Å². The summed E-state index contributed by atoms with van der Waals surface area (Å²) < 4.78 is 0. The van der Waals surface area contributed by atoms with Gasteiger partial charge in [0, 0.05) is 23.2 Å². The van der Waals surface area contributed by atoms with Gasteiger partial charge < -0.3 is 5.32 Å². The monoisotopic (exact) mass is 357 g/mol. The van der Waals surface area contributed by atoms with Crippen LogP contribution in [0.15, 0.2) is 59.6 Å². The van der Waals surface area contributed by atoms with Gasteiger partial charge in [-0.25, -0.2) is 4.99 Å². The minimum Gasteiger partial charge on any atom is -0.342 e. The van der Waals surface area contributed by atoms with E-state index in [4.69, 9.17) is 4.99 Å². The molecular formula is C23H23N3O. The fourth-order valence-corrected chi connectivity index (χ4v) is 4.43. The third-order valence-corrected chi connectivity index (χ3v) is 5.87. The molecule has 5 rings (SSSR count). The lowest BCUT2D eigenvalue weighted by atomic mass is 9.89. The molecule has 4 heteroatoms. The van der Waals surface area contributed by atoms with Gasteiger partial charge >= 0.3 is 0 Å². The van der Waals surface area contributed by atoms with E-state index in [1.165, 1.54) is 18.4 Å². The zero-order chi connectivity index (χ0) is 18.2. The minimum atomic E-state index is 0.180. The maximum absolute atomic E-state index is 12.1. The van der Waals surface area contributed by atoms with Crippen molar-refractivity contribution in [1.82, 2.24) is 4.90 Å². The van der Waals surface area contributed by atoms with E-state index in [2.05, 4.69) is 40.5 Å². The molecule has 1 N–H and O–H groups in total. The van der Waals surface area contributed by atoms with E-state index < -0.39 is 0 Å². The molecule has 136 valence electrons. The molecule has 2 aromatic carbocycles. The molecular weight excluding hydrogens is 334 g/mol. The third kappa shape index (κ3) is 3.10. The number of Topliss-reactive ketones (excluding diaryl/α,β-unsaturated/α-hetero) is 1. The Hall–Kier alpha value is -2.72. The predicted molar refractivity (Wildman–Crippen MR) is 109 cm³/mol. The summed E-state index contributed by atoms with van der Waals surface area (Å²) in [5, 5.41) is 3.46. The standard InChI is InChI=1S/C23H23N3O/c27-21-10-9-20-23-18(21)7-4-8-19(23)24-22(25-20)15-26-13-11-17(12-14-26)16-5-2-1-3-6-16/h1-9,17H,10-15H2,(H,24,25). The van der Waals surface area contributed by atoms with Crippen molar-refractivity contribution >= 4 is 23.0 Å². The molecule has 0 amide bonds. The van der Waals surface area contributed by atoms with Gasteiger partial charge in [-0.3, -0.25) is 9.69 Å². The van der Waals surface area contributed by atoms with Crippen LogP contribution in [0.5, 0.6) is 0 Å². The Morgan fingerprint density at radius 1 is 1.04 bits per heavy atom. The second kappa shape index (κ2) is 6.78. The summed E-state index contributed by atoms with van der Waals surface area (Å²) in [7, 11) is 0. The zero-order valence-electron chi connectivity index (χ0n) is 15.3. The molecule has 0 aromatic heterocycles. The first-order valence-electron chi connectivity index (χ1n) is 9.76. The van der Waals surface area contributed by atoms with Gasteiger partial charge in [-0.2, -0.15) is 0 Å². The van der Waals surface area contributed by atoms with Gasteiger partial charge in [-0.05, 0) is 43.5 Å². The van der Waals surface area contributed by atoms with Crippen LogP contribution in [0, 0.1) is 0 Å². The molecule has 1 saturated heterocycles. The Bertz CT molecular complexity index is 937. The number of nitrogens with zero attached hydrogens (tertiary/aromatic N) is 2. The molecule has 2 heterocycles. The maximum Gasteiger partial charge on any atom is 0.167 e. The van der Waals surface area contributed by atoms with Crippen LogP contribution in [0.25, 0.3) is 5.70 Å². The van der Waals surface area contributed by atoms with Crippen LogP contribution in [0.1, 0.15) is 46.7 Å². The fraction of sp³-hybridized carbons (Fsp3) is 0.304. The second-order valence-corrected chi connectivity index (χ2v) is 7.59. The predicted octanol–water partition coefficient (Wildman–Crippen LogP) is 4.32. The first kappa shape index (κ1) is 16.5. The van der Waals surface area contributed by atoms with Crippen molar-refractivity contribution in [2.24, 2.45) is 4.99 Å². The topological polar surface area (TPSA) is 44.7 Å². The van der Waals surface area contributed by atoms with Crippen molar-refractivity contribution in [3.05, 3.63) is 71.3 Å². The lowest BCUT2D eigenvalue weighted by molar-refractivity contribution is 0.0994. The lowest BCUT2D eigenvalue weighted by Gasteiger charge is -2.33. The zero-order valence-corrected chi connectivity index (χ0v) is 15.3. The number of carbonyl (C=O) groups is 1. The van der Waals surface area contributed by atoms with Gasteiger partial charge in [0.05, 0.1) is 12.2 Å². The molecule has 0 atom stereocenters. The molecule has 2 aliphatic heterocycles. The van der Waals surface area contributed by atoms with Gasteiger partial charge in [-0.1, -0.05) is 48.5 Å². The second-order valence-electron chi connectivity index (χ2n) is 7.59. The smallest absolute Gasteiger partial charge is 0.167 e. The maximum atomic E-state index is 12.1. The lowest BCUT2D eigenvalue weighted by Crippen LogP contribution is -2.39. The highest BCUT2D eigenvalue weighted by Crippen LogP contribution is 2.36. The van der Waals surface area contributed by atoms with Crippen molar-refractivity contribution in [2.45, 2.75) is 25.2 Å². The highest BCUT2D eigenvalue weighted by Gasteiger charge is 2.27. The first-order valence-corrected chi connectivity index (χ1v) is 9.76. The van der Waals surface area contributed by atoms with Crippen molar-refractivity contribution < 1.29 is 4.79 Å². The number of allylic oxidation sites excluding steroid dienone is 1.